The highest BCUT2D eigenvalue weighted by atomic mass is 32.2. The fourth-order valence-electron chi connectivity index (χ4n) is 3.39. The molecule has 138 valence electrons. The molecule has 1 N–H and O–H groups in total. The smallest absolute Gasteiger partial charge is 0.255 e. The van der Waals surface area contributed by atoms with E-state index in [0.29, 0.717) is 17.7 Å². The summed E-state index contributed by atoms with van der Waals surface area (Å²) in [5.41, 5.74) is 5.05. The lowest BCUT2D eigenvalue weighted by atomic mass is 10.1. The van der Waals surface area contributed by atoms with E-state index in [9.17, 15) is 13.2 Å². The molecule has 0 bridgehead atoms. The van der Waals surface area contributed by atoms with Gasteiger partial charge in [-0.1, -0.05) is 12.1 Å². The summed E-state index contributed by atoms with van der Waals surface area (Å²) in [5, 5.41) is 2.95. The quantitative estimate of drug-likeness (QED) is 0.891. The van der Waals surface area contributed by atoms with E-state index in [1.165, 1.54) is 4.31 Å². The fourth-order valence-corrected chi connectivity index (χ4v) is 4.77. The number of hydrogen-bond acceptors (Lipinski definition) is 3. The Labute approximate surface area is 155 Å². The Hall–Kier alpha value is -2.34. The molecule has 5 nitrogen and oxygen atoms in total. The van der Waals surface area contributed by atoms with Crippen molar-refractivity contribution in [1.82, 2.24) is 0 Å². The first kappa shape index (κ1) is 18.5. The van der Waals surface area contributed by atoms with Gasteiger partial charge in [-0.05, 0) is 75.1 Å². The molecule has 0 aliphatic carbocycles. The van der Waals surface area contributed by atoms with E-state index in [4.69, 9.17) is 0 Å². The van der Waals surface area contributed by atoms with Crippen molar-refractivity contribution in [2.24, 2.45) is 0 Å². The first-order valence-electron chi connectivity index (χ1n) is 8.77. The van der Waals surface area contributed by atoms with Crippen molar-refractivity contribution in [1.29, 1.82) is 0 Å². The van der Waals surface area contributed by atoms with Crippen molar-refractivity contribution in [2.45, 2.75) is 40.2 Å². The molecule has 0 fully saturated rings. The molecule has 1 aliphatic heterocycles. The predicted octanol–water partition coefficient (Wildman–Crippen LogP) is 3.66. The summed E-state index contributed by atoms with van der Waals surface area (Å²) < 4.78 is 26.2. The second kappa shape index (κ2) is 6.76. The van der Waals surface area contributed by atoms with Crippen molar-refractivity contribution in [2.75, 3.05) is 15.4 Å². The first-order valence-corrected chi connectivity index (χ1v) is 10.4. The van der Waals surface area contributed by atoms with Crippen LogP contribution < -0.4 is 9.62 Å². The van der Waals surface area contributed by atoms with Crippen LogP contribution >= 0.6 is 0 Å². The summed E-state index contributed by atoms with van der Waals surface area (Å²) in [6.45, 7) is 7.52. The predicted molar refractivity (Wildman–Crippen MR) is 105 cm³/mol. The monoisotopic (exact) mass is 372 g/mol. The number of amides is 1. The Morgan fingerprint density at radius 1 is 1.23 bits per heavy atom. The van der Waals surface area contributed by atoms with E-state index in [-0.39, 0.29) is 17.7 Å². The molecule has 0 saturated carbocycles. The van der Waals surface area contributed by atoms with Gasteiger partial charge in [-0.2, -0.15) is 0 Å². The Bertz CT molecular complexity index is 967. The number of aryl methyl sites for hydroxylation is 1. The van der Waals surface area contributed by atoms with Crippen LogP contribution in [0.3, 0.4) is 0 Å². The lowest BCUT2D eigenvalue weighted by Crippen LogP contribution is -2.36. The number of nitrogens with one attached hydrogen (secondary N) is 1. The van der Waals surface area contributed by atoms with E-state index in [1.54, 1.807) is 25.1 Å². The Kier molecular flexibility index (Phi) is 4.80. The van der Waals surface area contributed by atoms with Gasteiger partial charge in [0.1, 0.15) is 0 Å². The molecule has 1 aliphatic rings. The Morgan fingerprint density at radius 2 is 1.96 bits per heavy atom. The number of anilines is 2. The zero-order valence-corrected chi connectivity index (χ0v) is 16.4. The molecule has 2 aromatic rings. The minimum Gasteiger partial charge on any atom is -0.322 e. The van der Waals surface area contributed by atoms with Gasteiger partial charge in [0, 0.05) is 17.3 Å². The summed E-state index contributed by atoms with van der Waals surface area (Å²) in [4.78, 5) is 12.7. The average molecular weight is 372 g/mol. The lowest BCUT2D eigenvalue weighted by molar-refractivity contribution is 0.102. The second-order valence-corrected chi connectivity index (χ2v) is 8.93. The van der Waals surface area contributed by atoms with E-state index >= 15 is 0 Å². The Morgan fingerprint density at radius 3 is 2.65 bits per heavy atom. The van der Waals surface area contributed by atoms with Gasteiger partial charge in [-0.3, -0.25) is 9.10 Å². The van der Waals surface area contributed by atoms with Crippen molar-refractivity contribution in [3.8, 4) is 0 Å². The minimum absolute atomic E-state index is 0.0612. The van der Waals surface area contributed by atoms with Crippen LogP contribution in [0.4, 0.5) is 11.4 Å². The van der Waals surface area contributed by atoms with Crippen molar-refractivity contribution >= 4 is 27.3 Å². The molecule has 0 radical (unpaired) electrons. The van der Waals surface area contributed by atoms with Crippen LogP contribution in [-0.2, 0) is 16.4 Å². The molecule has 6 heteroatoms. The number of hydrogen-bond donors (Lipinski definition) is 1. The molecule has 0 spiro atoms. The van der Waals surface area contributed by atoms with Crippen LogP contribution in [0.5, 0.6) is 0 Å². The largest absolute Gasteiger partial charge is 0.322 e. The van der Waals surface area contributed by atoms with Gasteiger partial charge in [-0.25, -0.2) is 8.42 Å². The molecule has 1 amide bonds. The molecule has 2 aromatic carbocycles. The van der Waals surface area contributed by atoms with Gasteiger partial charge in [0.05, 0.1) is 11.4 Å². The maximum atomic E-state index is 12.7. The van der Waals surface area contributed by atoms with Crippen LogP contribution in [-0.4, -0.2) is 26.1 Å². The normalized spacial score (nSPS) is 16.5. The van der Waals surface area contributed by atoms with E-state index < -0.39 is 10.0 Å². The molecular weight excluding hydrogens is 348 g/mol. The zero-order chi connectivity index (χ0) is 19.1. The number of nitrogens with zero attached hydrogens (tertiary/aromatic N) is 1. The molecule has 26 heavy (non-hydrogen) atoms. The van der Waals surface area contributed by atoms with Gasteiger partial charge in [0.25, 0.3) is 5.91 Å². The van der Waals surface area contributed by atoms with Crippen LogP contribution in [0, 0.1) is 13.8 Å². The third-order valence-corrected chi connectivity index (χ3v) is 6.90. The van der Waals surface area contributed by atoms with Crippen molar-refractivity contribution in [3.05, 3.63) is 58.7 Å². The summed E-state index contributed by atoms with van der Waals surface area (Å²) in [6, 6.07) is 10.9. The van der Waals surface area contributed by atoms with E-state index in [1.807, 2.05) is 39.0 Å². The molecular formula is C20H24N2O3S. The second-order valence-electron chi connectivity index (χ2n) is 6.79. The highest BCUT2D eigenvalue weighted by molar-refractivity contribution is 7.92. The lowest BCUT2D eigenvalue weighted by Gasteiger charge is -2.23. The zero-order valence-electron chi connectivity index (χ0n) is 15.5. The fraction of sp³-hybridized carbons (Fsp3) is 0.350. The van der Waals surface area contributed by atoms with Gasteiger partial charge in [0.15, 0.2) is 0 Å². The molecule has 3 rings (SSSR count). The van der Waals surface area contributed by atoms with Gasteiger partial charge in [-0.15, -0.1) is 0 Å². The number of sulfonamides is 1. The van der Waals surface area contributed by atoms with Gasteiger partial charge < -0.3 is 5.32 Å². The van der Waals surface area contributed by atoms with Crippen molar-refractivity contribution < 1.29 is 13.2 Å². The summed E-state index contributed by atoms with van der Waals surface area (Å²) in [5.74, 6) is -0.128. The average Bonchev–Trinajstić information content (AvgIpc) is 2.94. The van der Waals surface area contributed by atoms with Crippen LogP contribution in [0.1, 0.15) is 40.9 Å². The maximum Gasteiger partial charge on any atom is 0.255 e. The molecule has 0 saturated heterocycles. The van der Waals surface area contributed by atoms with Crippen LogP contribution in [0.15, 0.2) is 36.4 Å². The minimum atomic E-state index is -3.32. The van der Waals surface area contributed by atoms with Gasteiger partial charge in [0.2, 0.25) is 10.0 Å². The number of carbonyl (C=O) groups excluding carboxylic acids is 1. The highest BCUT2D eigenvalue weighted by Crippen LogP contribution is 2.35. The summed E-state index contributed by atoms with van der Waals surface area (Å²) in [7, 11) is -3.32. The van der Waals surface area contributed by atoms with Crippen molar-refractivity contribution in [3.63, 3.8) is 0 Å². The summed E-state index contributed by atoms with van der Waals surface area (Å²) >= 11 is 0. The summed E-state index contributed by atoms with van der Waals surface area (Å²) in [6.07, 6.45) is 0.610. The number of carbonyl (C=O) groups is 1. The SMILES string of the molecule is CCS(=O)(=O)N1c2ccc(C(=O)Nc3cccc(C)c3C)cc2C[C@@H]1C. The topological polar surface area (TPSA) is 66.5 Å². The highest BCUT2D eigenvalue weighted by Gasteiger charge is 2.34. The number of benzene rings is 2. The molecule has 0 aromatic heterocycles. The van der Waals surface area contributed by atoms with Crippen LogP contribution in [0.2, 0.25) is 0 Å². The van der Waals surface area contributed by atoms with E-state index in [2.05, 4.69) is 5.32 Å². The number of rotatable bonds is 4. The Balaban J connectivity index is 1.89. The molecule has 0 unspecified atom stereocenters. The van der Waals surface area contributed by atoms with E-state index in [0.717, 1.165) is 22.4 Å². The molecule has 1 heterocycles. The first-order chi connectivity index (χ1) is 12.2. The maximum absolute atomic E-state index is 12.7. The standard InChI is InChI=1S/C20H24N2O3S/c1-5-26(24,25)22-14(3)11-17-12-16(9-10-19(17)22)20(23)21-18-8-6-7-13(2)15(18)4/h6-10,12,14H,5,11H2,1-4H3,(H,21,23)/t14-/m0/s1. The third-order valence-electron chi connectivity index (χ3n) is 5.01. The third kappa shape index (κ3) is 3.21. The van der Waals surface area contributed by atoms with Crippen LogP contribution in [0.25, 0.3) is 0 Å². The van der Waals surface area contributed by atoms with Gasteiger partial charge >= 0.3 is 0 Å². The number of fused-ring (bicyclic) bond motifs is 1. The molecule has 1 atom stereocenters.